The van der Waals surface area contributed by atoms with Crippen molar-refractivity contribution in [3.05, 3.63) is 81.1 Å². The first-order valence-electron chi connectivity index (χ1n) is 13.5. The van der Waals surface area contributed by atoms with Gasteiger partial charge in [-0.15, -0.1) is 0 Å². The third-order valence-electron chi connectivity index (χ3n) is 7.46. The van der Waals surface area contributed by atoms with Crippen molar-refractivity contribution in [2.45, 2.75) is 51.0 Å². The van der Waals surface area contributed by atoms with Crippen molar-refractivity contribution < 1.29 is 23.8 Å². The maximum Gasteiger partial charge on any atom is 0.354 e. The van der Waals surface area contributed by atoms with Crippen molar-refractivity contribution in [3.8, 4) is 5.88 Å². The smallest absolute Gasteiger partial charge is 0.354 e. The molecule has 1 N–H and O–H groups in total. The normalized spacial score (nSPS) is 18.0. The molecule has 0 radical (unpaired) electrons. The Morgan fingerprint density at radius 2 is 1.85 bits per heavy atom. The van der Waals surface area contributed by atoms with Crippen molar-refractivity contribution in [1.82, 2.24) is 24.4 Å². The number of ether oxygens (including phenoxy) is 2. The van der Waals surface area contributed by atoms with Crippen LogP contribution in [0.4, 0.5) is 4.39 Å². The molecule has 0 saturated carbocycles. The molecule has 1 atom stereocenters. The molecule has 4 aromatic rings. The molecule has 9 nitrogen and oxygen atoms in total. The minimum atomic E-state index is -1.07. The van der Waals surface area contributed by atoms with Crippen LogP contribution in [0.25, 0.3) is 11.2 Å². The average Bonchev–Trinajstić information content (AvgIpc) is 3.24. The van der Waals surface area contributed by atoms with E-state index in [1.807, 2.05) is 4.57 Å². The summed E-state index contributed by atoms with van der Waals surface area (Å²) in [5.41, 5.74) is 2.32. The van der Waals surface area contributed by atoms with Gasteiger partial charge in [0, 0.05) is 42.2 Å². The second-order valence-corrected chi connectivity index (χ2v) is 11.3. The largest absolute Gasteiger partial charge is 0.477 e. The Balaban J connectivity index is 1.11. The Morgan fingerprint density at radius 3 is 2.56 bits per heavy atom. The lowest BCUT2D eigenvalue weighted by Crippen LogP contribution is -2.39. The Labute approximate surface area is 245 Å². The van der Waals surface area contributed by atoms with E-state index in [9.17, 15) is 14.3 Å². The van der Waals surface area contributed by atoms with Gasteiger partial charge in [0.05, 0.1) is 24.9 Å². The zero-order valence-corrected chi connectivity index (χ0v) is 23.6. The van der Waals surface area contributed by atoms with Gasteiger partial charge >= 0.3 is 5.97 Å². The second-order valence-electron chi connectivity index (χ2n) is 10.4. The molecular weight excluding hydrogens is 572 g/mol. The highest BCUT2D eigenvalue weighted by molar-refractivity contribution is 6.31. The molecule has 0 unspecified atom stereocenters. The summed E-state index contributed by atoms with van der Waals surface area (Å²) in [5, 5.41) is 10.2. The highest BCUT2D eigenvalue weighted by atomic mass is 35.5. The maximum atomic E-state index is 14.3. The van der Waals surface area contributed by atoms with Gasteiger partial charge in [-0.1, -0.05) is 29.3 Å². The number of piperidine rings is 1. The van der Waals surface area contributed by atoms with E-state index >= 15 is 0 Å². The first-order valence-corrected chi connectivity index (χ1v) is 14.3. The minimum absolute atomic E-state index is 0.00577. The molecule has 2 saturated heterocycles. The SMILES string of the molecule is O=C(O)c1ccc2nc(CN3CCC(Oc4cc(Cl)cc(Cc5ccc(Cl)cc5F)n4)CC3)n(C[C@@H]3CCO3)c2n1. The van der Waals surface area contributed by atoms with E-state index in [0.717, 1.165) is 44.8 Å². The zero-order valence-electron chi connectivity index (χ0n) is 22.1. The van der Waals surface area contributed by atoms with E-state index in [0.29, 0.717) is 51.4 Å². The summed E-state index contributed by atoms with van der Waals surface area (Å²) in [6.45, 7) is 3.49. The molecule has 0 spiro atoms. The van der Waals surface area contributed by atoms with Crippen LogP contribution >= 0.6 is 23.2 Å². The predicted octanol–water partition coefficient (Wildman–Crippen LogP) is 5.39. The number of rotatable bonds is 9. The maximum absolute atomic E-state index is 14.3. The highest BCUT2D eigenvalue weighted by Crippen LogP contribution is 2.26. The number of carboxylic acid groups (broad SMARTS) is 1. The summed E-state index contributed by atoms with van der Waals surface area (Å²) in [6.07, 6.45) is 2.82. The van der Waals surface area contributed by atoms with Crippen LogP contribution in [0, 0.1) is 5.82 Å². The fraction of sp³-hybridized carbons (Fsp3) is 0.379. The third-order valence-corrected chi connectivity index (χ3v) is 7.92. The van der Waals surface area contributed by atoms with Crippen LogP contribution < -0.4 is 4.74 Å². The van der Waals surface area contributed by atoms with Gasteiger partial charge in [-0.25, -0.2) is 24.1 Å². The van der Waals surface area contributed by atoms with Crippen LogP contribution in [-0.2, 0) is 24.2 Å². The van der Waals surface area contributed by atoms with Crippen LogP contribution in [-0.4, -0.2) is 67.4 Å². The monoisotopic (exact) mass is 599 g/mol. The molecule has 0 bridgehead atoms. The summed E-state index contributed by atoms with van der Waals surface area (Å²) in [7, 11) is 0. The first-order chi connectivity index (χ1) is 19.8. The number of benzene rings is 1. The van der Waals surface area contributed by atoms with Crippen LogP contribution in [0.5, 0.6) is 5.88 Å². The fourth-order valence-electron chi connectivity index (χ4n) is 5.20. The number of carboxylic acids is 1. The minimum Gasteiger partial charge on any atom is -0.477 e. The summed E-state index contributed by atoms with van der Waals surface area (Å²) >= 11 is 12.2. The molecule has 1 aromatic carbocycles. The Morgan fingerprint density at radius 1 is 1.05 bits per heavy atom. The van der Waals surface area contributed by atoms with E-state index in [2.05, 4.69) is 14.9 Å². The number of likely N-dealkylation sites (tertiary alicyclic amines) is 1. The molecule has 0 amide bonds. The van der Waals surface area contributed by atoms with Crippen LogP contribution in [0.2, 0.25) is 10.0 Å². The van der Waals surface area contributed by atoms with Crippen molar-refractivity contribution in [2.75, 3.05) is 19.7 Å². The molecule has 5 heterocycles. The number of hydrogen-bond acceptors (Lipinski definition) is 7. The number of hydrogen-bond donors (Lipinski definition) is 1. The second kappa shape index (κ2) is 11.9. The van der Waals surface area contributed by atoms with Gasteiger partial charge in [0.15, 0.2) is 11.3 Å². The van der Waals surface area contributed by atoms with Crippen molar-refractivity contribution >= 4 is 40.3 Å². The Kier molecular flexibility index (Phi) is 8.07. The number of aromatic carboxylic acids is 1. The number of aromatic nitrogens is 4. The van der Waals surface area contributed by atoms with Crippen LogP contribution in [0.1, 0.15) is 46.8 Å². The molecule has 6 rings (SSSR count). The van der Waals surface area contributed by atoms with E-state index < -0.39 is 5.97 Å². The topological polar surface area (TPSA) is 103 Å². The molecule has 2 aliphatic heterocycles. The Bertz CT molecular complexity index is 1590. The quantitative estimate of drug-likeness (QED) is 0.273. The molecule has 0 aliphatic carbocycles. The van der Waals surface area contributed by atoms with Gasteiger partial charge in [0.25, 0.3) is 0 Å². The molecular formula is C29H28Cl2FN5O4. The van der Waals surface area contributed by atoms with E-state index in [4.69, 9.17) is 37.7 Å². The molecule has 41 heavy (non-hydrogen) atoms. The highest BCUT2D eigenvalue weighted by Gasteiger charge is 2.26. The molecule has 2 fully saturated rings. The number of halogens is 3. The lowest BCUT2D eigenvalue weighted by atomic mass is 10.1. The number of pyridine rings is 2. The Hall–Kier alpha value is -3.31. The number of imidazole rings is 1. The number of fused-ring (bicyclic) bond motifs is 1. The number of nitrogens with zero attached hydrogens (tertiary/aromatic N) is 5. The van der Waals surface area contributed by atoms with Gasteiger partial charge in [-0.3, -0.25) is 4.90 Å². The fourth-order valence-corrected chi connectivity index (χ4v) is 5.58. The molecule has 12 heteroatoms. The third kappa shape index (κ3) is 6.46. The average molecular weight is 600 g/mol. The van der Waals surface area contributed by atoms with Gasteiger partial charge in [0.2, 0.25) is 5.88 Å². The lowest BCUT2D eigenvalue weighted by molar-refractivity contribution is -0.0593. The molecule has 214 valence electrons. The van der Waals surface area contributed by atoms with Gasteiger partial charge in [-0.05, 0) is 55.2 Å². The van der Waals surface area contributed by atoms with Crippen molar-refractivity contribution in [1.29, 1.82) is 0 Å². The van der Waals surface area contributed by atoms with Crippen molar-refractivity contribution in [2.24, 2.45) is 0 Å². The van der Waals surface area contributed by atoms with Crippen LogP contribution in [0.15, 0.2) is 42.5 Å². The molecule has 2 aliphatic rings. The predicted molar refractivity (Wildman–Crippen MR) is 151 cm³/mol. The molecule has 3 aromatic heterocycles. The van der Waals surface area contributed by atoms with Gasteiger partial charge in [-0.2, -0.15) is 0 Å². The van der Waals surface area contributed by atoms with Gasteiger partial charge in [0.1, 0.15) is 23.3 Å². The van der Waals surface area contributed by atoms with E-state index in [1.165, 1.54) is 12.1 Å². The van der Waals surface area contributed by atoms with E-state index in [-0.39, 0.29) is 30.1 Å². The van der Waals surface area contributed by atoms with Crippen LogP contribution in [0.3, 0.4) is 0 Å². The van der Waals surface area contributed by atoms with Crippen molar-refractivity contribution in [3.63, 3.8) is 0 Å². The lowest BCUT2D eigenvalue weighted by Gasteiger charge is -2.32. The summed E-state index contributed by atoms with van der Waals surface area (Å²) in [6, 6.07) is 11.2. The standard InChI is InChI=1S/C29H28Cl2FN5O4/c30-18-2-1-17(23(32)13-18)11-20-12-19(31)14-27(33-20)41-21-5-8-36(9-6-21)16-26-34-24-3-4-25(29(38)39)35-28(24)37(26)15-22-7-10-40-22/h1-4,12-14,21-22H,5-11,15-16H2,(H,38,39)/t22-/m0/s1. The summed E-state index contributed by atoms with van der Waals surface area (Å²) in [4.78, 5) is 27.5. The summed E-state index contributed by atoms with van der Waals surface area (Å²) < 4.78 is 28.1. The summed E-state index contributed by atoms with van der Waals surface area (Å²) in [5.74, 6) is -0.203. The van der Waals surface area contributed by atoms with E-state index in [1.54, 1.807) is 30.3 Å². The zero-order chi connectivity index (χ0) is 28.5. The van der Waals surface area contributed by atoms with Gasteiger partial charge < -0.3 is 19.1 Å². The number of carbonyl (C=O) groups is 1. The first kappa shape index (κ1) is 27.8.